The van der Waals surface area contributed by atoms with Crippen LogP contribution in [-0.4, -0.2) is 25.3 Å². The smallest absolute Gasteiger partial charge is 0.0601 e. The van der Waals surface area contributed by atoms with E-state index >= 15 is 0 Å². The lowest BCUT2D eigenvalue weighted by Gasteiger charge is -2.38. The highest BCUT2D eigenvalue weighted by molar-refractivity contribution is 5.00. The summed E-state index contributed by atoms with van der Waals surface area (Å²) in [6.07, 6.45) is 8.93. The van der Waals surface area contributed by atoms with Gasteiger partial charge in [0.1, 0.15) is 0 Å². The number of rotatable bonds is 3. The quantitative estimate of drug-likeness (QED) is 0.743. The Morgan fingerprint density at radius 3 is 2.79 bits per heavy atom. The molecule has 1 unspecified atom stereocenters. The van der Waals surface area contributed by atoms with Crippen molar-refractivity contribution in [3.05, 3.63) is 0 Å². The van der Waals surface area contributed by atoms with Crippen LogP contribution in [0.3, 0.4) is 0 Å². The first-order valence-electron chi connectivity index (χ1n) is 6.15. The SMILES string of the molecule is COC1CC(NC2CCC[C@H]3C[C@@H]23)C1. The molecule has 3 saturated carbocycles. The minimum Gasteiger partial charge on any atom is -0.381 e. The summed E-state index contributed by atoms with van der Waals surface area (Å²) in [6, 6.07) is 1.63. The lowest BCUT2D eigenvalue weighted by Crippen LogP contribution is -2.50. The highest BCUT2D eigenvalue weighted by Gasteiger charge is 2.46. The molecule has 2 heteroatoms. The van der Waals surface area contributed by atoms with Gasteiger partial charge in [-0.05, 0) is 37.5 Å². The average Bonchev–Trinajstić information content (AvgIpc) is 2.89. The molecule has 0 spiro atoms. The lowest BCUT2D eigenvalue weighted by atomic mass is 9.86. The van der Waals surface area contributed by atoms with Gasteiger partial charge in [0, 0.05) is 19.2 Å². The normalized spacial score (nSPS) is 50.8. The molecule has 0 aromatic carbocycles. The van der Waals surface area contributed by atoms with E-state index in [0.29, 0.717) is 6.10 Å². The first-order valence-corrected chi connectivity index (χ1v) is 6.15. The molecule has 3 aliphatic carbocycles. The Balaban J connectivity index is 1.44. The Hall–Kier alpha value is -0.0800. The Bertz CT molecular complexity index is 212. The first kappa shape index (κ1) is 9.17. The van der Waals surface area contributed by atoms with Gasteiger partial charge in [0.15, 0.2) is 0 Å². The van der Waals surface area contributed by atoms with Crippen molar-refractivity contribution in [3.63, 3.8) is 0 Å². The molecule has 2 nitrogen and oxygen atoms in total. The second-order valence-corrected chi connectivity index (χ2v) is 5.39. The van der Waals surface area contributed by atoms with Gasteiger partial charge in [-0.15, -0.1) is 0 Å². The molecule has 3 aliphatic rings. The Morgan fingerprint density at radius 2 is 2.00 bits per heavy atom. The van der Waals surface area contributed by atoms with Gasteiger partial charge in [0.05, 0.1) is 6.10 Å². The van der Waals surface area contributed by atoms with Crippen LogP contribution in [0.5, 0.6) is 0 Å². The van der Waals surface area contributed by atoms with Crippen molar-refractivity contribution >= 4 is 0 Å². The van der Waals surface area contributed by atoms with Crippen LogP contribution in [-0.2, 0) is 4.74 Å². The van der Waals surface area contributed by atoms with Gasteiger partial charge in [0.2, 0.25) is 0 Å². The van der Waals surface area contributed by atoms with Crippen LogP contribution in [0.25, 0.3) is 0 Å². The highest BCUT2D eigenvalue weighted by Crippen LogP contribution is 2.49. The Kier molecular flexibility index (Phi) is 2.29. The molecule has 3 atom stereocenters. The van der Waals surface area contributed by atoms with Crippen LogP contribution in [0.2, 0.25) is 0 Å². The van der Waals surface area contributed by atoms with Gasteiger partial charge in [-0.1, -0.05) is 12.8 Å². The molecule has 1 N–H and O–H groups in total. The second-order valence-electron chi connectivity index (χ2n) is 5.39. The third kappa shape index (κ3) is 1.59. The second kappa shape index (κ2) is 3.49. The molecule has 3 rings (SSSR count). The first-order chi connectivity index (χ1) is 6.86. The molecular weight excluding hydrogens is 174 g/mol. The van der Waals surface area contributed by atoms with Crippen molar-refractivity contribution in [2.75, 3.05) is 7.11 Å². The van der Waals surface area contributed by atoms with Crippen LogP contribution in [0, 0.1) is 11.8 Å². The van der Waals surface area contributed by atoms with Gasteiger partial charge in [-0.3, -0.25) is 0 Å². The number of hydrogen-bond donors (Lipinski definition) is 1. The standard InChI is InChI=1S/C12H21NO/c1-14-10-6-9(7-10)13-12-4-2-3-8-5-11(8)12/h8-13H,2-7H2,1H3/t8-,9?,10?,11+,12?/m0/s1. The van der Waals surface area contributed by atoms with Crippen LogP contribution in [0.1, 0.15) is 38.5 Å². The number of ether oxygens (including phenoxy) is 1. The van der Waals surface area contributed by atoms with Gasteiger partial charge >= 0.3 is 0 Å². The van der Waals surface area contributed by atoms with Crippen LogP contribution in [0.4, 0.5) is 0 Å². The number of hydrogen-bond acceptors (Lipinski definition) is 2. The van der Waals surface area contributed by atoms with Crippen molar-refractivity contribution in [2.24, 2.45) is 11.8 Å². The van der Waals surface area contributed by atoms with Gasteiger partial charge in [-0.25, -0.2) is 0 Å². The zero-order valence-electron chi connectivity index (χ0n) is 9.04. The fourth-order valence-corrected chi connectivity index (χ4v) is 3.31. The Morgan fingerprint density at radius 1 is 1.14 bits per heavy atom. The van der Waals surface area contributed by atoms with Crippen LogP contribution < -0.4 is 5.32 Å². The molecule has 0 radical (unpaired) electrons. The van der Waals surface area contributed by atoms with E-state index in [0.717, 1.165) is 23.9 Å². The summed E-state index contributed by atoms with van der Waals surface area (Å²) in [5.41, 5.74) is 0. The van der Waals surface area contributed by atoms with Crippen LogP contribution >= 0.6 is 0 Å². The molecule has 0 amide bonds. The topological polar surface area (TPSA) is 21.3 Å². The summed E-state index contributed by atoms with van der Waals surface area (Å²) in [5.74, 6) is 2.14. The van der Waals surface area contributed by atoms with E-state index in [1.165, 1.54) is 38.5 Å². The van der Waals surface area contributed by atoms with Gasteiger partial charge in [0.25, 0.3) is 0 Å². The fourth-order valence-electron chi connectivity index (χ4n) is 3.31. The molecule has 80 valence electrons. The number of fused-ring (bicyclic) bond motifs is 1. The lowest BCUT2D eigenvalue weighted by molar-refractivity contribution is 0.0122. The van der Waals surface area contributed by atoms with Gasteiger partial charge in [-0.2, -0.15) is 0 Å². The minimum absolute atomic E-state index is 0.547. The van der Waals surface area contributed by atoms with E-state index < -0.39 is 0 Å². The third-order valence-electron chi connectivity index (χ3n) is 4.46. The monoisotopic (exact) mass is 195 g/mol. The maximum Gasteiger partial charge on any atom is 0.0601 e. The molecule has 14 heavy (non-hydrogen) atoms. The molecule has 0 aromatic rings. The molecule has 0 bridgehead atoms. The predicted molar refractivity (Wildman–Crippen MR) is 56.2 cm³/mol. The number of methoxy groups -OCH3 is 1. The fraction of sp³-hybridized carbons (Fsp3) is 1.00. The van der Waals surface area contributed by atoms with Crippen LogP contribution in [0.15, 0.2) is 0 Å². The summed E-state index contributed by atoms with van der Waals surface area (Å²) in [5, 5.41) is 3.83. The molecule has 0 heterocycles. The van der Waals surface area contributed by atoms with Crippen molar-refractivity contribution in [2.45, 2.75) is 56.7 Å². The number of nitrogens with one attached hydrogen (secondary N) is 1. The van der Waals surface area contributed by atoms with E-state index in [4.69, 9.17) is 4.74 Å². The van der Waals surface area contributed by atoms with E-state index in [1.54, 1.807) is 0 Å². The van der Waals surface area contributed by atoms with Crippen molar-refractivity contribution < 1.29 is 4.74 Å². The van der Waals surface area contributed by atoms with Crippen molar-refractivity contribution in [1.29, 1.82) is 0 Å². The highest BCUT2D eigenvalue weighted by atomic mass is 16.5. The zero-order valence-corrected chi connectivity index (χ0v) is 9.04. The van der Waals surface area contributed by atoms with Crippen molar-refractivity contribution in [3.8, 4) is 0 Å². The van der Waals surface area contributed by atoms with E-state index in [1.807, 2.05) is 7.11 Å². The van der Waals surface area contributed by atoms with E-state index in [2.05, 4.69) is 5.32 Å². The molecular formula is C12H21NO. The summed E-state index contributed by atoms with van der Waals surface area (Å²) in [7, 11) is 1.83. The van der Waals surface area contributed by atoms with Crippen molar-refractivity contribution in [1.82, 2.24) is 5.32 Å². The summed E-state index contributed by atoms with van der Waals surface area (Å²) in [4.78, 5) is 0. The third-order valence-corrected chi connectivity index (χ3v) is 4.46. The van der Waals surface area contributed by atoms with E-state index in [9.17, 15) is 0 Å². The largest absolute Gasteiger partial charge is 0.381 e. The summed E-state index contributed by atoms with van der Waals surface area (Å²) in [6.45, 7) is 0. The maximum atomic E-state index is 5.30. The summed E-state index contributed by atoms with van der Waals surface area (Å²) >= 11 is 0. The van der Waals surface area contributed by atoms with E-state index in [-0.39, 0.29) is 0 Å². The molecule has 3 fully saturated rings. The zero-order chi connectivity index (χ0) is 9.54. The maximum absolute atomic E-state index is 5.30. The minimum atomic E-state index is 0.547. The molecule has 0 aromatic heterocycles. The average molecular weight is 195 g/mol. The Labute approximate surface area is 86.4 Å². The molecule has 0 aliphatic heterocycles. The predicted octanol–water partition coefficient (Wildman–Crippen LogP) is 1.94. The van der Waals surface area contributed by atoms with Gasteiger partial charge < -0.3 is 10.1 Å². The summed E-state index contributed by atoms with van der Waals surface area (Å²) < 4.78 is 5.30. The molecule has 0 saturated heterocycles.